The predicted molar refractivity (Wildman–Crippen MR) is 116 cm³/mol. The molecule has 1 aromatic heterocycles. The lowest BCUT2D eigenvalue weighted by Gasteiger charge is -2.35. The quantitative estimate of drug-likeness (QED) is 0.715. The molecule has 1 atom stereocenters. The molecule has 2 fully saturated rings. The number of carbonyl (C=O) groups is 2. The monoisotopic (exact) mass is 442 g/mol. The van der Waals surface area contributed by atoms with Crippen molar-refractivity contribution in [2.45, 2.75) is 19.0 Å². The van der Waals surface area contributed by atoms with E-state index in [0.29, 0.717) is 36.9 Å². The fourth-order valence-electron chi connectivity index (χ4n) is 4.29. The van der Waals surface area contributed by atoms with Crippen LogP contribution in [0.4, 0.5) is 4.79 Å². The largest absolute Gasteiger partial charge is 0.486 e. The highest BCUT2D eigenvalue weighted by molar-refractivity contribution is 7.09. The van der Waals surface area contributed by atoms with E-state index in [1.807, 2.05) is 6.07 Å². The van der Waals surface area contributed by atoms with Crippen LogP contribution in [-0.4, -0.2) is 72.7 Å². The second kappa shape index (κ2) is 8.14. The van der Waals surface area contributed by atoms with Gasteiger partial charge >= 0.3 is 6.03 Å². The molecule has 4 heterocycles. The minimum Gasteiger partial charge on any atom is -0.486 e. The van der Waals surface area contributed by atoms with Gasteiger partial charge in [-0.1, -0.05) is 12.1 Å². The molecule has 3 amide bonds. The topological polar surface area (TPSA) is 74.4 Å². The highest BCUT2D eigenvalue weighted by Crippen LogP contribution is 2.36. The molecule has 31 heavy (non-hydrogen) atoms. The van der Waals surface area contributed by atoms with Crippen LogP contribution in [0.1, 0.15) is 17.4 Å². The summed E-state index contributed by atoms with van der Waals surface area (Å²) in [5.74, 6) is 1.02. The zero-order valence-electron chi connectivity index (χ0n) is 17.5. The summed E-state index contributed by atoms with van der Waals surface area (Å²) in [5.41, 5.74) is -0.424. The van der Waals surface area contributed by atoms with Crippen molar-refractivity contribution in [3.8, 4) is 11.5 Å². The van der Waals surface area contributed by atoms with E-state index in [2.05, 4.69) is 32.6 Å². The molecule has 1 N–H and O–H groups in total. The van der Waals surface area contributed by atoms with E-state index >= 15 is 0 Å². The second-order valence-electron chi connectivity index (χ2n) is 8.26. The third-order valence-electron chi connectivity index (χ3n) is 6.16. The number of thiophene rings is 1. The highest BCUT2D eigenvalue weighted by Gasteiger charge is 2.49. The van der Waals surface area contributed by atoms with Crippen LogP contribution in [0.25, 0.3) is 0 Å². The van der Waals surface area contributed by atoms with Gasteiger partial charge in [-0.05, 0) is 36.1 Å². The van der Waals surface area contributed by atoms with Gasteiger partial charge in [0.15, 0.2) is 11.5 Å². The molecule has 5 rings (SSSR count). The Morgan fingerprint density at radius 2 is 1.77 bits per heavy atom. The summed E-state index contributed by atoms with van der Waals surface area (Å²) in [6, 6.07) is 9.28. The number of nitrogens with zero attached hydrogens (tertiary/aromatic N) is 3. The Bertz CT molecular complexity index is 974. The fourth-order valence-corrected chi connectivity index (χ4v) is 5.03. The first-order valence-electron chi connectivity index (χ1n) is 10.5. The van der Waals surface area contributed by atoms with E-state index in [1.165, 1.54) is 9.78 Å². The Kier molecular flexibility index (Phi) is 5.33. The number of nitrogens with one attached hydrogen (secondary N) is 1. The number of ether oxygens (including phenoxy) is 2. The Morgan fingerprint density at radius 1 is 1.03 bits per heavy atom. The van der Waals surface area contributed by atoms with Gasteiger partial charge in [0, 0.05) is 37.6 Å². The predicted octanol–water partition coefficient (Wildman–Crippen LogP) is 2.06. The second-order valence-corrected chi connectivity index (χ2v) is 9.29. The first kappa shape index (κ1) is 20.3. The van der Waals surface area contributed by atoms with Crippen molar-refractivity contribution in [2.75, 3.05) is 46.1 Å². The Labute approximate surface area is 185 Å². The van der Waals surface area contributed by atoms with E-state index < -0.39 is 5.54 Å². The molecule has 3 aliphatic rings. The maximum absolute atomic E-state index is 13.3. The van der Waals surface area contributed by atoms with Gasteiger partial charge in [-0.15, -0.1) is 11.3 Å². The van der Waals surface area contributed by atoms with E-state index in [9.17, 15) is 9.59 Å². The summed E-state index contributed by atoms with van der Waals surface area (Å²) in [6.07, 6.45) is 0. The highest BCUT2D eigenvalue weighted by atomic mass is 32.1. The number of hydrogen-bond donors (Lipinski definition) is 1. The third-order valence-corrected chi connectivity index (χ3v) is 7.02. The maximum Gasteiger partial charge on any atom is 0.326 e. The van der Waals surface area contributed by atoms with Crippen LogP contribution in [0.5, 0.6) is 11.5 Å². The van der Waals surface area contributed by atoms with Gasteiger partial charge in [-0.3, -0.25) is 14.6 Å². The van der Waals surface area contributed by atoms with Gasteiger partial charge in [0.05, 0.1) is 6.67 Å². The van der Waals surface area contributed by atoms with E-state index in [4.69, 9.17) is 9.47 Å². The molecule has 1 aromatic carbocycles. The Balaban J connectivity index is 1.23. The third kappa shape index (κ3) is 3.88. The minimum atomic E-state index is -1.12. The van der Waals surface area contributed by atoms with Crippen molar-refractivity contribution < 1.29 is 19.1 Å². The molecule has 0 saturated carbocycles. The molecule has 0 unspecified atom stereocenters. The van der Waals surface area contributed by atoms with Gasteiger partial charge in [-0.25, -0.2) is 9.69 Å². The summed E-state index contributed by atoms with van der Waals surface area (Å²) >= 11 is 1.77. The first-order valence-corrected chi connectivity index (χ1v) is 11.4. The van der Waals surface area contributed by atoms with Crippen LogP contribution in [0, 0.1) is 0 Å². The number of carbonyl (C=O) groups excluding carboxylic acids is 2. The van der Waals surface area contributed by atoms with Gasteiger partial charge in [0.25, 0.3) is 5.91 Å². The minimum absolute atomic E-state index is 0.241. The number of hydrogen-bond acceptors (Lipinski definition) is 7. The van der Waals surface area contributed by atoms with Crippen molar-refractivity contribution in [1.29, 1.82) is 0 Å². The molecule has 2 saturated heterocycles. The van der Waals surface area contributed by atoms with E-state index in [-0.39, 0.29) is 11.9 Å². The SMILES string of the molecule is C[C@]1(c2ccc3c(c2)OCCO3)NC(=O)N(CN2CCN(Cc3cccs3)CC2)C1=O. The molecular formula is C22H26N4O4S. The molecule has 0 radical (unpaired) electrons. The summed E-state index contributed by atoms with van der Waals surface area (Å²) in [4.78, 5) is 33.3. The summed E-state index contributed by atoms with van der Waals surface area (Å²) < 4.78 is 11.2. The number of fused-ring (bicyclic) bond motifs is 1. The zero-order chi connectivity index (χ0) is 21.4. The molecule has 0 bridgehead atoms. The van der Waals surface area contributed by atoms with Crippen molar-refractivity contribution in [3.63, 3.8) is 0 Å². The van der Waals surface area contributed by atoms with Gasteiger partial charge < -0.3 is 14.8 Å². The molecule has 0 aliphatic carbocycles. The zero-order valence-corrected chi connectivity index (χ0v) is 18.3. The summed E-state index contributed by atoms with van der Waals surface area (Å²) in [6.45, 7) is 7.46. The van der Waals surface area contributed by atoms with Crippen molar-refractivity contribution >= 4 is 23.3 Å². The van der Waals surface area contributed by atoms with Crippen LogP contribution in [0.2, 0.25) is 0 Å². The lowest BCUT2D eigenvalue weighted by atomic mass is 9.91. The molecule has 9 heteroatoms. The van der Waals surface area contributed by atoms with Crippen LogP contribution >= 0.6 is 11.3 Å². The lowest BCUT2D eigenvalue weighted by Crippen LogP contribution is -2.51. The average Bonchev–Trinajstić information content (AvgIpc) is 3.37. The Hall–Kier alpha value is -2.62. The van der Waals surface area contributed by atoms with Crippen LogP contribution < -0.4 is 14.8 Å². The summed E-state index contributed by atoms with van der Waals surface area (Å²) in [5, 5.41) is 4.99. The van der Waals surface area contributed by atoms with Crippen LogP contribution in [0.15, 0.2) is 35.7 Å². The number of imide groups is 1. The smallest absolute Gasteiger partial charge is 0.326 e. The maximum atomic E-state index is 13.3. The van der Waals surface area contributed by atoms with Gasteiger partial charge in [0.2, 0.25) is 0 Å². The Morgan fingerprint density at radius 3 is 2.52 bits per heavy atom. The van der Waals surface area contributed by atoms with Crippen LogP contribution in [0.3, 0.4) is 0 Å². The fraction of sp³-hybridized carbons (Fsp3) is 0.455. The lowest BCUT2D eigenvalue weighted by molar-refractivity contribution is -0.132. The van der Waals surface area contributed by atoms with E-state index in [1.54, 1.807) is 30.4 Å². The standard InChI is InChI=1S/C22H26N4O4S/c1-22(16-4-5-18-19(13-16)30-11-10-29-18)20(27)26(21(28)23-22)15-25-8-6-24(7-9-25)14-17-3-2-12-31-17/h2-5,12-13H,6-11,14-15H2,1H3,(H,23,28)/t22-/m1/s1. The average molecular weight is 443 g/mol. The van der Waals surface area contributed by atoms with Crippen LogP contribution in [-0.2, 0) is 16.9 Å². The number of rotatable bonds is 5. The number of amides is 3. The van der Waals surface area contributed by atoms with E-state index in [0.717, 1.165) is 32.7 Å². The number of benzene rings is 1. The van der Waals surface area contributed by atoms with Crippen molar-refractivity contribution in [2.24, 2.45) is 0 Å². The van der Waals surface area contributed by atoms with Crippen molar-refractivity contribution in [1.82, 2.24) is 20.0 Å². The number of piperazine rings is 1. The number of urea groups is 1. The molecule has 8 nitrogen and oxygen atoms in total. The molecular weight excluding hydrogens is 416 g/mol. The molecule has 3 aliphatic heterocycles. The molecule has 0 spiro atoms. The van der Waals surface area contributed by atoms with Crippen molar-refractivity contribution in [3.05, 3.63) is 46.2 Å². The molecule has 164 valence electrons. The molecule has 2 aromatic rings. The normalized spacial score (nSPS) is 24.5. The van der Waals surface area contributed by atoms with Gasteiger partial charge in [0.1, 0.15) is 18.8 Å². The van der Waals surface area contributed by atoms with Gasteiger partial charge in [-0.2, -0.15) is 0 Å². The summed E-state index contributed by atoms with van der Waals surface area (Å²) in [7, 11) is 0. The first-order chi connectivity index (χ1) is 15.0.